The van der Waals surface area contributed by atoms with Crippen LogP contribution in [0.2, 0.25) is 0 Å². The summed E-state index contributed by atoms with van der Waals surface area (Å²) in [7, 11) is 1.91. The third-order valence-electron chi connectivity index (χ3n) is 2.33. The van der Waals surface area contributed by atoms with E-state index >= 15 is 0 Å². The molecule has 0 atom stereocenters. The average Bonchev–Trinajstić information content (AvgIpc) is 2.16. The van der Waals surface area contributed by atoms with Gasteiger partial charge >= 0.3 is 5.97 Å². The number of hydrogen-bond acceptors (Lipinski definition) is 3. The van der Waals surface area contributed by atoms with E-state index in [1.54, 1.807) is 12.1 Å². The van der Waals surface area contributed by atoms with Crippen LogP contribution >= 0.6 is 0 Å². The zero-order chi connectivity index (χ0) is 12.3. The standard InChI is InChI=1S/C12H18N2O2/c1-8(2)7-14(3)11-6-9(12(15)16)4-5-10(11)13/h4-6,8H,7,13H2,1-3H3,(H,15,16). The van der Waals surface area contributed by atoms with Crippen LogP contribution in [0.4, 0.5) is 11.4 Å². The number of anilines is 2. The van der Waals surface area contributed by atoms with E-state index in [1.165, 1.54) is 6.07 Å². The maximum atomic E-state index is 10.8. The van der Waals surface area contributed by atoms with Gasteiger partial charge in [-0.1, -0.05) is 13.8 Å². The highest BCUT2D eigenvalue weighted by Crippen LogP contribution is 2.24. The van der Waals surface area contributed by atoms with Crippen molar-refractivity contribution in [3.8, 4) is 0 Å². The van der Waals surface area contributed by atoms with Gasteiger partial charge in [-0.05, 0) is 24.1 Å². The van der Waals surface area contributed by atoms with Crippen LogP contribution in [-0.4, -0.2) is 24.7 Å². The Balaban J connectivity index is 3.02. The second-order valence-electron chi connectivity index (χ2n) is 4.35. The fourth-order valence-corrected chi connectivity index (χ4v) is 1.65. The highest BCUT2D eigenvalue weighted by atomic mass is 16.4. The molecule has 4 nitrogen and oxygen atoms in total. The van der Waals surface area contributed by atoms with E-state index in [9.17, 15) is 4.79 Å². The van der Waals surface area contributed by atoms with Crippen molar-refractivity contribution in [1.82, 2.24) is 0 Å². The van der Waals surface area contributed by atoms with E-state index in [4.69, 9.17) is 10.8 Å². The van der Waals surface area contributed by atoms with Crippen molar-refractivity contribution in [1.29, 1.82) is 0 Å². The lowest BCUT2D eigenvalue weighted by Crippen LogP contribution is -2.23. The predicted molar refractivity (Wildman–Crippen MR) is 65.9 cm³/mol. The maximum Gasteiger partial charge on any atom is 0.335 e. The molecule has 0 aromatic heterocycles. The minimum atomic E-state index is -0.931. The number of nitrogen functional groups attached to an aromatic ring is 1. The number of rotatable bonds is 4. The van der Waals surface area contributed by atoms with Crippen LogP contribution < -0.4 is 10.6 Å². The monoisotopic (exact) mass is 222 g/mol. The summed E-state index contributed by atoms with van der Waals surface area (Å²) < 4.78 is 0. The van der Waals surface area contributed by atoms with E-state index in [1.807, 2.05) is 11.9 Å². The third kappa shape index (κ3) is 2.89. The highest BCUT2D eigenvalue weighted by Gasteiger charge is 2.10. The smallest absolute Gasteiger partial charge is 0.335 e. The summed E-state index contributed by atoms with van der Waals surface area (Å²) in [5.74, 6) is -0.433. The van der Waals surface area contributed by atoms with Crippen molar-refractivity contribution in [3.05, 3.63) is 23.8 Å². The number of nitrogens with two attached hydrogens (primary N) is 1. The summed E-state index contributed by atoms with van der Waals surface area (Å²) in [6.07, 6.45) is 0. The molecule has 0 fully saturated rings. The van der Waals surface area contributed by atoms with Crippen molar-refractivity contribution in [2.24, 2.45) is 5.92 Å². The van der Waals surface area contributed by atoms with E-state index in [-0.39, 0.29) is 5.56 Å². The first-order valence-corrected chi connectivity index (χ1v) is 5.25. The number of carbonyl (C=O) groups is 1. The quantitative estimate of drug-likeness (QED) is 0.765. The van der Waals surface area contributed by atoms with Crippen LogP contribution in [0.25, 0.3) is 0 Å². The van der Waals surface area contributed by atoms with Gasteiger partial charge in [-0.2, -0.15) is 0 Å². The van der Waals surface area contributed by atoms with Crippen molar-refractivity contribution < 1.29 is 9.90 Å². The van der Waals surface area contributed by atoms with Gasteiger partial charge in [0.25, 0.3) is 0 Å². The van der Waals surface area contributed by atoms with Gasteiger partial charge in [0.05, 0.1) is 16.9 Å². The molecule has 0 aliphatic rings. The Bertz CT molecular complexity index is 389. The molecule has 1 aromatic rings. The molecule has 88 valence electrons. The third-order valence-corrected chi connectivity index (χ3v) is 2.33. The van der Waals surface area contributed by atoms with Gasteiger partial charge in [-0.25, -0.2) is 4.79 Å². The van der Waals surface area contributed by atoms with Crippen LogP contribution in [0.5, 0.6) is 0 Å². The van der Waals surface area contributed by atoms with Gasteiger partial charge in [-0.3, -0.25) is 0 Å². The predicted octanol–water partition coefficient (Wildman–Crippen LogP) is 2.06. The van der Waals surface area contributed by atoms with Crippen molar-refractivity contribution in [2.45, 2.75) is 13.8 Å². The van der Waals surface area contributed by atoms with Crippen molar-refractivity contribution in [2.75, 3.05) is 24.2 Å². The van der Waals surface area contributed by atoms with Crippen LogP contribution in [-0.2, 0) is 0 Å². The van der Waals surface area contributed by atoms with Crippen molar-refractivity contribution >= 4 is 17.3 Å². The lowest BCUT2D eigenvalue weighted by atomic mass is 10.1. The summed E-state index contributed by atoms with van der Waals surface area (Å²) in [4.78, 5) is 12.8. The Morgan fingerprint density at radius 2 is 2.12 bits per heavy atom. The SMILES string of the molecule is CC(C)CN(C)c1cc(C(=O)O)ccc1N. The number of carboxylic acids is 1. The Morgan fingerprint density at radius 3 is 2.62 bits per heavy atom. The lowest BCUT2D eigenvalue weighted by molar-refractivity contribution is 0.0697. The van der Waals surface area contributed by atoms with Crippen LogP contribution in [0.15, 0.2) is 18.2 Å². The first-order chi connectivity index (χ1) is 7.41. The van der Waals surface area contributed by atoms with Gasteiger partial charge in [0.2, 0.25) is 0 Å². The summed E-state index contributed by atoms with van der Waals surface area (Å²) in [5.41, 5.74) is 7.47. The molecule has 0 radical (unpaired) electrons. The van der Waals surface area contributed by atoms with Gasteiger partial charge < -0.3 is 15.7 Å². The molecule has 3 N–H and O–H groups in total. The molecule has 0 saturated carbocycles. The fourth-order valence-electron chi connectivity index (χ4n) is 1.65. The van der Waals surface area contributed by atoms with Crippen LogP contribution in [0.3, 0.4) is 0 Å². The Labute approximate surface area is 95.7 Å². The Morgan fingerprint density at radius 1 is 1.50 bits per heavy atom. The van der Waals surface area contributed by atoms with E-state index in [0.717, 1.165) is 12.2 Å². The molecule has 1 aromatic carbocycles. The molecular weight excluding hydrogens is 204 g/mol. The first kappa shape index (κ1) is 12.4. The molecule has 0 amide bonds. The number of aromatic carboxylic acids is 1. The normalized spacial score (nSPS) is 10.5. The molecule has 0 saturated heterocycles. The molecule has 1 rings (SSSR count). The van der Waals surface area contributed by atoms with Crippen molar-refractivity contribution in [3.63, 3.8) is 0 Å². The largest absolute Gasteiger partial charge is 0.478 e. The molecule has 16 heavy (non-hydrogen) atoms. The molecule has 0 unspecified atom stereocenters. The topological polar surface area (TPSA) is 66.6 Å². The summed E-state index contributed by atoms with van der Waals surface area (Å²) >= 11 is 0. The molecule has 0 aliphatic carbocycles. The van der Waals surface area contributed by atoms with Gasteiger partial charge in [0.15, 0.2) is 0 Å². The second-order valence-corrected chi connectivity index (χ2v) is 4.35. The Hall–Kier alpha value is -1.71. The first-order valence-electron chi connectivity index (χ1n) is 5.25. The number of benzene rings is 1. The molecule has 0 bridgehead atoms. The zero-order valence-corrected chi connectivity index (χ0v) is 9.90. The van der Waals surface area contributed by atoms with Gasteiger partial charge in [0, 0.05) is 13.6 Å². The second kappa shape index (κ2) is 4.88. The van der Waals surface area contributed by atoms with Gasteiger partial charge in [0.1, 0.15) is 0 Å². The molecule has 0 spiro atoms. The van der Waals surface area contributed by atoms with E-state index < -0.39 is 5.97 Å². The van der Waals surface area contributed by atoms with E-state index in [0.29, 0.717) is 11.6 Å². The van der Waals surface area contributed by atoms with Gasteiger partial charge in [-0.15, -0.1) is 0 Å². The minimum Gasteiger partial charge on any atom is -0.478 e. The zero-order valence-electron chi connectivity index (χ0n) is 9.90. The Kier molecular flexibility index (Phi) is 3.77. The molecule has 0 aliphatic heterocycles. The number of hydrogen-bond donors (Lipinski definition) is 2. The van der Waals surface area contributed by atoms with Crippen LogP contribution in [0, 0.1) is 5.92 Å². The molecular formula is C12H18N2O2. The number of nitrogens with zero attached hydrogens (tertiary/aromatic N) is 1. The highest BCUT2D eigenvalue weighted by molar-refractivity contribution is 5.90. The lowest BCUT2D eigenvalue weighted by Gasteiger charge is -2.23. The maximum absolute atomic E-state index is 10.8. The van der Waals surface area contributed by atoms with E-state index in [2.05, 4.69) is 13.8 Å². The fraction of sp³-hybridized carbons (Fsp3) is 0.417. The average molecular weight is 222 g/mol. The summed E-state index contributed by atoms with van der Waals surface area (Å²) in [6.45, 7) is 5.05. The number of carboxylic acid groups (broad SMARTS) is 1. The summed E-state index contributed by atoms with van der Waals surface area (Å²) in [6, 6.07) is 4.76. The minimum absolute atomic E-state index is 0.264. The molecule has 4 heteroatoms. The van der Waals surface area contributed by atoms with Crippen LogP contribution in [0.1, 0.15) is 24.2 Å². The molecule has 0 heterocycles. The summed E-state index contributed by atoms with van der Waals surface area (Å²) in [5, 5.41) is 8.90.